The molecule has 3 nitrogen and oxygen atoms in total. The first kappa shape index (κ1) is 19.0. The number of aromatic nitrogens is 3. The second-order valence-electron chi connectivity index (χ2n) is 8.39. The number of para-hydroxylation sites is 2. The standard InChI is InChI=1S/C29H17F2N3/c30-18-7-5-9-20(15-18)33-24-13-3-1-11-22(24)28-26(33)17-27-29(32-28)23-12-2-4-14-25(23)34(27)21-10-6-8-19(31)16-21/h1-17H. The van der Waals surface area contributed by atoms with E-state index in [-0.39, 0.29) is 11.6 Å². The fourth-order valence-electron chi connectivity index (χ4n) is 5.01. The fourth-order valence-corrected chi connectivity index (χ4v) is 5.01. The van der Waals surface area contributed by atoms with E-state index in [1.807, 2.05) is 69.8 Å². The number of rotatable bonds is 2. The molecule has 0 spiro atoms. The minimum absolute atomic E-state index is 0.300. The van der Waals surface area contributed by atoms with Crippen LogP contribution in [0.15, 0.2) is 103 Å². The molecule has 0 aliphatic rings. The van der Waals surface area contributed by atoms with E-state index in [4.69, 9.17) is 4.98 Å². The van der Waals surface area contributed by atoms with Crippen molar-refractivity contribution < 1.29 is 8.78 Å². The van der Waals surface area contributed by atoms with E-state index < -0.39 is 0 Å². The van der Waals surface area contributed by atoms with Crippen LogP contribution in [-0.2, 0) is 0 Å². The maximum absolute atomic E-state index is 14.2. The number of nitrogens with zero attached hydrogens (tertiary/aromatic N) is 3. The largest absolute Gasteiger partial charge is 0.307 e. The van der Waals surface area contributed by atoms with Gasteiger partial charge >= 0.3 is 0 Å². The lowest BCUT2D eigenvalue weighted by Gasteiger charge is -2.10. The Morgan fingerprint density at radius 2 is 0.941 bits per heavy atom. The first-order valence-electron chi connectivity index (χ1n) is 11.0. The van der Waals surface area contributed by atoms with Gasteiger partial charge in [-0.25, -0.2) is 13.8 Å². The third-order valence-electron chi connectivity index (χ3n) is 6.40. The molecular formula is C29H17F2N3. The predicted molar refractivity (Wildman–Crippen MR) is 133 cm³/mol. The first-order chi connectivity index (χ1) is 16.7. The fraction of sp³-hybridized carbons (Fsp3) is 0. The summed E-state index contributed by atoms with van der Waals surface area (Å²) in [5.74, 6) is -0.599. The summed E-state index contributed by atoms with van der Waals surface area (Å²) in [7, 11) is 0. The van der Waals surface area contributed by atoms with E-state index in [1.54, 1.807) is 12.1 Å². The van der Waals surface area contributed by atoms with Crippen LogP contribution in [0.2, 0.25) is 0 Å². The van der Waals surface area contributed by atoms with Gasteiger partial charge in [-0.05, 0) is 54.6 Å². The molecule has 0 aliphatic heterocycles. The molecule has 34 heavy (non-hydrogen) atoms. The van der Waals surface area contributed by atoms with Gasteiger partial charge in [0.05, 0.1) is 33.1 Å². The predicted octanol–water partition coefficient (Wildman–Crippen LogP) is 7.55. The van der Waals surface area contributed by atoms with Crippen molar-refractivity contribution in [3.63, 3.8) is 0 Å². The molecule has 0 aliphatic carbocycles. The van der Waals surface area contributed by atoms with Gasteiger partial charge in [0.15, 0.2) is 0 Å². The van der Waals surface area contributed by atoms with Crippen molar-refractivity contribution >= 4 is 43.9 Å². The monoisotopic (exact) mass is 445 g/mol. The van der Waals surface area contributed by atoms with Crippen LogP contribution in [0.3, 0.4) is 0 Å². The molecule has 0 radical (unpaired) electrons. The van der Waals surface area contributed by atoms with Gasteiger partial charge in [-0.1, -0.05) is 48.5 Å². The van der Waals surface area contributed by atoms with Crippen LogP contribution < -0.4 is 0 Å². The molecule has 0 saturated carbocycles. The molecule has 0 unspecified atom stereocenters. The van der Waals surface area contributed by atoms with E-state index in [1.165, 1.54) is 24.3 Å². The third kappa shape index (κ3) is 2.64. The maximum atomic E-state index is 14.2. The highest BCUT2D eigenvalue weighted by molar-refractivity contribution is 6.15. The van der Waals surface area contributed by atoms with Gasteiger partial charge in [0.25, 0.3) is 0 Å². The van der Waals surface area contributed by atoms with Crippen molar-refractivity contribution in [1.29, 1.82) is 0 Å². The molecule has 0 bridgehead atoms. The summed E-state index contributed by atoms with van der Waals surface area (Å²) in [6.07, 6.45) is 0. The molecule has 7 aromatic rings. The number of pyridine rings is 1. The number of hydrogen-bond donors (Lipinski definition) is 0. The van der Waals surface area contributed by atoms with Gasteiger partial charge in [-0.2, -0.15) is 0 Å². The molecular weight excluding hydrogens is 428 g/mol. The zero-order valence-electron chi connectivity index (χ0n) is 17.9. The van der Waals surface area contributed by atoms with Crippen LogP contribution in [0, 0.1) is 11.6 Å². The maximum Gasteiger partial charge on any atom is 0.125 e. The average molecular weight is 445 g/mol. The zero-order valence-corrected chi connectivity index (χ0v) is 17.9. The lowest BCUT2D eigenvalue weighted by molar-refractivity contribution is 0.626. The highest BCUT2D eigenvalue weighted by atomic mass is 19.1. The Labute approximate surface area is 193 Å². The van der Waals surface area contributed by atoms with Crippen molar-refractivity contribution in [1.82, 2.24) is 14.1 Å². The number of fused-ring (bicyclic) bond motifs is 6. The van der Waals surface area contributed by atoms with Crippen LogP contribution in [0.5, 0.6) is 0 Å². The SMILES string of the molecule is Fc1cccc(-n2c3ccccc3c3nc4c5ccccc5n(-c5cccc(F)c5)c4cc32)c1. The van der Waals surface area contributed by atoms with E-state index in [2.05, 4.69) is 6.07 Å². The van der Waals surface area contributed by atoms with Gasteiger partial charge in [0.1, 0.15) is 11.6 Å². The summed E-state index contributed by atoms with van der Waals surface area (Å²) in [4.78, 5) is 5.14. The van der Waals surface area contributed by atoms with E-state index in [9.17, 15) is 8.78 Å². The van der Waals surface area contributed by atoms with Gasteiger partial charge in [-0.15, -0.1) is 0 Å². The molecule has 3 heterocycles. The summed E-state index contributed by atoms with van der Waals surface area (Å²) < 4.78 is 32.5. The molecule has 162 valence electrons. The van der Waals surface area contributed by atoms with Crippen molar-refractivity contribution in [2.45, 2.75) is 0 Å². The summed E-state index contributed by atoms with van der Waals surface area (Å²) in [5, 5.41) is 1.98. The van der Waals surface area contributed by atoms with Crippen molar-refractivity contribution in [2.75, 3.05) is 0 Å². The molecule has 0 saturated heterocycles. The summed E-state index contributed by atoms with van der Waals surface area (Å²) in [5.41, 5.74) is 6.75. The lowest BCUT2D eigenvalue weighted by atomic mass is 10.2. The zero-order chi connectivity index (χ0) is 22.8. The smallest absolute Gasteiger partial charge is 0.125 e. The normalized spacial score (nSPS) is 11.8. The topological polar surface area (TPSA) is 22.8 Å². The summed E-state index contributed by atoms with van der Waals surface area (Å²) >= 11 is 0. The number of benzene rings is 4. The molecule has 3 aromatic heterocycles. The first-order valence-corrected chi connectivity index (χ1v) is 11.0. The van der Waals surface area contributed by atoms with Gasteiger partial charge in [0, 0.05) is 22.1 Å². The molecule has 0 N–H and O–H groups in total. The van der Waals surface area contributed by atoms with E-state index in [0.717, 1.165) is 55.2 Å². The Kier molecular flexibility index (Phi) is 3.91. The molecule has 0 amide bonds. The highest BCUT2D eigenvalue weighted by Crippen LogP contribution is 2.37. The highest BCUT2D eigenvalue weighted by Gasteiger charge is 2.19. The quantitative estimate of drug-likeness (QED) is 0.269. The Bertz CT molecular complexity index is 1760. The minimum atomic E-state index is -0.300. The Hall–Kier alpha value is -4.51. The number of hydrogen-bond acceptors (Lipinski definition) is 1. The van der Waals surface area contributed by atoms with Gasteiger partial charge in [0.2, 0.25) is 0 Å². The van der Waals surface area contributed by atoms with Crippen molar-refractivity contribution in [3.05, 3.63) is 115 Å². The van der Waals surface area contributed by atoms with Crippen LogP contribution >= 0.6 is 0 Å². The third-order valence-corrected chi connectivity index (χ3v) is 6.40. The minimum Gasteiger partial charge on any atom is -0.307 e. The van der Waals surface area contributed by atoms with Crippen molar-refractivity contribution in [2.24, 2.45) is 0 Å². The molecule has 0 atom stereocenters. The van der Waals surface area contributed by atoms with Gasteiger partial charge < -0.3 is 9.13 Å². The van der Waals surface area contributed by atoms with Crippen molar-refractivity contribution in [3.8, 4) is 11.4 Å². The van der Waals surface area contributed by atoms with E-state index >= 15 is 0 Å². The molecule has 5 heteroatoms. The Morgan fingerprint density at radius 1 is 0.471 bits per heavy atom. The summed E-state index contributed by atoms with van der Waals surface area (Å²) in [6.45, 7) is 0. The molecule has 4 aromatic carbocycles. The second kappa shape index (κ2) is 6.99. The summed E-state index contributed by atoms with van der Waals surface area (Å²) in [6, 6.07) is 31.2. The second-order valence-corrected chi connectivity index (χ2v) is 8.39. The van der Waals surface area contributed by atoms with E-state index in [0.29, 0.717) is 0 Å². The van der Waals surface area contributed by atoms with Crippen LogP contribution in [0.25, 0.3) is 55.2 Å². The lowest BCUT2D eigenvalue weighted by Crippen LogP contribution is -1.97. The van der Waals surface area contributed by atoms with Crippen LogP contribution in [0.1, 0.15) is 0 Å². The molecule has 7 rings (SSSR count). The average Bonchev–Trinajstić information content (AvgIpc) is 3.35. The van der Waals surface area contributed by atoms with Crippen LogP contribution in [0.4, 0.5) is 8.78 Å². The Morgan fingerprint density at radius 3 is 1.41 bits per heavy atom. The van der Waals surface area contributed by atoms with Gasteiger partial charge in [-0.3, -0.25) is 0 Å². The molecule has 0 fully saturated rings. The Balaban J connectivity index is 1.69. The van der Waals surface area contributed by atoms with Crippen LogP contribution in [-0.4, -0.2) is 14.1 Å². The number of halogens is 2.